The van der Waals surface area contributed by atoms with Gasteiger partial charge in [0.15, 0.2) is 5.69 Å². The van der Waals surface area contributed by atoms with Crippen molar-refractivity contribution in [1.29, 1.82) is 0 Å². The van der Waals surface area contributed by atoms with Gasteiger partial charge in [-0.25, -0.2) is 0 Å². The molecule has 25 heavy (non-hydrogen) atoms. The van der Waals surface area contributed by atoms with E-state index < -0.39 is 0 Å². The summed E-state index contributed by atoms with van der Waals surface area (Å²) >= 11 is 6.04. The summed E-state index contributed by atoms with van der Waals surface area (Å²) in [6.45, 7) is 2.04. The highest BCUT2D eigenvalue weighted by Crippen LogP contribution is 2.21. The van der Waals surface area contributed by atoms with Gasteiger partial charge in [-0.1, -0.05) is 54.1 Å². The molecule has 0 fully saturated rings. The van der Waals surface area contributed by atoms with Crippen LogP contribution >= 0.6 is 11.6 Å². The molecule has 1 aromatic heterocycles. The molecule has 0 spiro atoms. The Morgan fingerprint density at radius 3 is 2.36 bits per heavy atom. The van der Waals surface area contributed by atoms with E-state index in [-0.39, 0.29) is 17.6 Å². The second kappa shape index (κ2) is 7.77. The molecule has 1 atom stereocenters. The molecule has 0 aliphatic carbocycles. The molecule has 1 heterocycles. The van der Waals surface area contributed by atoms with Gasteiger partial charge >= 0.3 is 0 Å². The van der Waals surface area contributed by atoms with Crippen LogP contribution in [0.25, 0.3) is 0 Å². The Morgan fingerprint density at radius 2 is 1.68 bits per heavy atom. The van der Waals surface area contributed by atoms with E-state index >= 15 is 0 Å². The molecule has 3 aromatic rings. The molecule has 2 aromatic carbocycles. The second-order valence-corrected chi connectivity index (χ2v) is 5.92. The number of para-hydroxylation sites is 1. The fourth-order valence-corrected chi connectivity index (χ4v) is 2.51. The molecule has 0 saturated carbocycles. The monoisotopic (exact) mass is 352 g/mol. The van der Waals surface area contributed by atoms with Crippen molar-refractivity contribution < 1.29 is 4.79 Å². The summed E-state index contributed by atoms with van der Waals surface area (Å²) in [6.07, 6.45) is 0. The maximum atomic E-state index is 12.2. The first kappa shape index (κ1) is 16.9. The summed E-state index contributed by atoms with van der Waals surface area (Å²) in [4.78, 5) is 12.2. The Labute approximate surface area is 151 Å². The van der Waals surface area contributed by atoms with Crippen LogP contribution in [-0.2, 0) is 0 Å². The van der Waals surface area contributed by atoms with Gasteiger partial charge in [0.1, 0.15) is 5.82 Å². The number of hydrogen-bond acceptors (Lipinski definition) is 4. The predicted octanol–water partition coefficient (Wildman–Crippen LogP) is 4.56. The maximum absolute atomic E-state index is 12.2. The molecular weight excluding hydrogens is 336 g/mol. The van der Waals surface area contributed by atoms with E-state index in [1.807, 2.05) is 37.3 Å². The zero-order valence-corrected chi connectivity index (χ0v) is 14.4. The third kappa shape index (κ3) is 4.33. The first-order valence-corrected chi connectivity index (χ1v) is 8.22. The summed E-state index contributed by atoms with van der Waals surface area (Å²) in [5, 5.41) is 14.5. The van der Waals surface area contributed by atoms with E-state index in [0.717, 1.165) is 5.56 Å². The maximum Gasteiger partial charge on any atom is 0.276 e. The summed E-state index contributed by atoms with van der Waals surface area (Å²) in [5.41, 5.74) is 1.90. The van der Waals surface area contributed by atoms with E-state index in [1.165, 1.54) is 0 Å². The Kier molecular flexibility index (Phi) is 5.26. The highest BCUT2D eigenvalue weighted by atomic mass is 35.5. The number of rotatable bonds is 5. The molecule has 6 heteroatoms. The summed E-state index contributed by atoms with van der Waals surface area (Å²) in [6, 6.07) is 20.5. The predicted molar refractivity (Wildman–Crippen MR) is 99.9 cm³/mol. The van der Waals surface area contributed by atoms with Gasteiger partial charge in [-0.2, -0.15) is 0 Å². The van der Waals surface area contributed by atoms with Crippen molar-refractivity contribution in [1.82, 2.24) is 10.2 Å². The quantitative estimate of drug-likeness (QED) is 0.706. The van der Waals surface area contributed by atoms with Crippen LogP contribution in [0, 0.1) is 0 Å². The SMILES string of the molecule is CC(Nc1ccc(C(=O)Nc2ccccc2Cl)nn1)c1ccccc1. The van der Waals surface area contributed by atoms with E-state index in [9.17, 15) is 4.79 Å². The molecule has 0 bridgehead atoms. The van der Waals surface area contributed by atoms with Gasteiger partial charge < -0.3 is 10.6 Å². The number of carbonyl (C=O) groups excluding carboxylic acids is 1. The number of benzene rings is 2. The minimum absolute atomic E-state index is 0.0818. The summed E-state index contributed by atoms with van der Waals surface area (Å²) in [7, 11) is 0. The van der Waals surface area contributed by atoms with Gasteiger partial charge in [-0.15, -0.1) is 10.2 Å². The zero-order valence-electron chi connectivity index (χ0n) is 13.6. The molecule has 0 aliphatic rings. The van der Waals surface area contributed by atoms with Crippen molar-refractivity contribution in [2.45, 2.75) is 13.0 Å². The zero-order chi connectivity index (χ0) is 17.6. The van der Waals surface area contributed by atoms with Crippen molar-refractivity contribution in [3.8, 4) is 0 Å². The Bertz CT molecular complexity index is 853. The molecule has 1 amide bonds. The average Bonchev–Trinajstić information content (AvgIpc) is 2.65. The molecule has 1 unspecified atom stereocenters. The molecular formula is C19H17ClN4O. The van der Waals surface area contributed by atoms with Gasteiger partial charge in [0.2, 0.25) is 0 Å². The van der Waals surface area contributed by atoms with Crippen molar-refractivity contribution in [2.75, 3.05) is 10.6 Å². The lowest BCUT2D eigenvalue weighted by atomic mass is 10.1. The number of aromatic nitrogens is 2. The minimum atomic E-state index is -0.358. The Hall–Kier alpha value is -2.92. The normalized spacial score (nSPS) is 11.6. The van der Waals surface area contributed by atoms with Gasteiger partial charge in [0.25, 0.3) is 5.91 Å². The van der Waals surface area contributed by atoms with Crippen LogP contribution in [0.5, 0.6) is 0 Å². The highest BCUT2D eigenvalue weighted by molar-refractivity contribution is 6.33. The topological polar surface area (TPSA) is 66.9 Å². The molecule has 0 aliphatic heterocycles. The molecule has 0 radical (unpaired) electrons. The molecule has 0 saturated heterocycles. The molecule has 3 rings (SSSR count). The fraction of sp³-hybridized carbons (Fsp3) is 0.105. The number of anilines is 2. The van der Waals surface area contributed by atoms with Crippen molar-refractivity contribution in [2.24, 2.45) is 0 Å². The Balaban J connectivity index is 1.66. The van der Waals surface area contributed by atoms with Crippen LogP contribution < -0.4 is 10.6 Å². The first-order valence-electron chi connectivity index (χ1n) is 7.84. The van der Waals surface area contributed by atoms with Crippen LogP contribution in [0.1, 0.15) is 29.0 Å². The highest BCUT2D eigenvalue weighted by Gasteiger charge is 2.11. The fourth-order valence-electron chi connectivity index (χ4n) is 2.33. The largest absolute Gasteiger partial charge is 0.362 e. The molecule has 2 N–H and O–H groups in total. The van der Waals surface area contributed by atoms with Gasteiger partial charge in [-0.05, 0) is 36.8 Å². The van der Waals surface area contributed by atoms with Crippen LogP contribution in [0.3, 0.4) is 0 Å². The number of halogens is 1. The third-order valence-electron chi connectivity index (χ3n) is 3.68. The van der Waals surface area contributed by atoms with Crippen LogP contribution in [0.15, 0.2) is 66.7 Å². The van der Waals surface area contributed by atoms with Gasteiger partial charge in [0, 0.05) is 6.04 Å². The van der Waals surface area contributed by atoms with Crippen LogP contribution in [-0.4, -0.2) is 16.1 Å². The van der Waals surface area contributed by atoms with Crippen LogP contribution in [0.4, 0.5) is 11.5 Å². The van der Waals surface area contributed by atoms with E-state index in [0.29, 0.717) is 16.5 Å². The lowest BCUT2D eigenvalue weighted by Crippen LogP contribution is -2.15. The van der Waals surface area contributed by atoms with Crippen molar-refractivity contribution in [3.63, 3.8) is 0 Å². The van der Waals surface area contributed by atoms with Crippen LogP contribution in [0.2, 0.25) is 5.02 Å². The smallest absolute Gasteiger partial charge is 0.276 e. The molecule has 5 nitrogen and oxygen atoms in total. The van der Waals surface area contributed by atoms with Crippen molar-refractivity contribution >= 4 is 29.0 Å². The number of nitrogens with zero attached hydrogens (tertiary/aromatic N) is 2. The van der Waals surface area contributed by atoms with Gasteiger partial charge in [0.05, 0.1) is 10.7 Å². The third-order valence-corrected chi connectivity index (χ3v) is 4.01. The molecule has 126 valence electrons. The summed E-state index contributed by atoms with van der Waals surface area (Å²) in [5.74, 6) is 0.244. The summed E-state index contributed by atoms with van der Waals surface area (Å²) < 4.78 is 0. The van der Waals surface area contributed by atoms with E-state index in [4.69, 9.17) is 11.6 Å². The lowest BCUT2D eigenvalue weighted by Gasteiger charge is -2.14. The standard InChI is InChI=1S/C19H17ClN4O/c1-13(14-7-3-2-4-8-14)21-18-12-11-17(23-24-18)19(25)22-16-10-6-5-9-15(16)20/h2-13H,1H3,(H,21,24)(H,22,25). The van der Waals surface area contributed by atoms with Crippen molar-refractivity contribution in [3.05, 3.63) is 83.0 Å². The minimum Gasteiger partial charge on any atom is -0.362 e. The number of carbonyl (C=O) groups is 1. The lowest BCUT2D eigenvalue weighted by molar-refractivity contribution is 0.102. The number of nitrogens with one attached hydrogen (secondary N) is 2. The van der Waals surface area contributed by atoms with E-state index in [1.54, 1.807) is 36.4 Å². The number of amides is 1. The Morgan fingerprint density at radius 1 is 0.960 bits per heavy atom. The van der Waals surface area contributed by atoms with Gasteiger partial charge in [-0.3, -0.25) is 4.79 Å². The number of hydrogen-bond donors (Lipinski definition) is 2. The first-order chi connectivity index (χ1) is 12.1. The second-order valence-electron chi connectivity index (χ2n) is 5.51. The van der Waals surface area contributed by atoms with E-state index in [2.05, 4.69) is 20.8 Å². The average molecular weight is 353 g/mol.